The van der Waals surface area contributed by atoms with Crippen molar-refractivity contribution in [3.63, 3.8) is 0 Å². The summed E-state index contributed by atoms with van der Waals surface area (Å²) in [6.45, 7) is 6.33. The number of nitrogen functional groups attached to an aromatic ring is 1. The quantitative estimate of drug-likeness (QED) is 0.591. The van der Waals surface area contributed by atoms with Gasteiger partial charge >= 0.3 is 0 Å². The third kappa shape index (κ3) is 3.19. The third-order valence-corrected chi connectivity index (χ3v) is 4.45. The summed E-state index contributed by atoms with van der Waals surface area (Å²) >= 11 is 0. The van der Waals surface area contributed by atoms with E-state index in [1.165, 1.54) is 5.56 Å². The first-order valence-corrected chi connectivity index (χ1v) is 8.75. The molecule has 0 saturated carbocycles. The maximum atomic E-state index is 6.24. The van der Waals surface area contributed by atoms with Crippen LogP contribution in [0.1, 0.15) is 30.9 Å². The first kappa shape index (κ1) is 17.0. The van der Waals surface area contributed by atoms with E-state index in [0.717, 1.165) is 16.8 Å². The first-order chi connectivity index (χ1) is 13.0. The van der Waals surface area contributed by atoms with Crippen molar-refractivity contribution in [1.82, 2.24) is 25.1 Å². The van der Waals surface area contributed by atoms with E-state index in [0.29, 0.717) is 23.3 Å². The summed E-state index contributed by atoms with van der Waals surface area (Å²) in [4.78, 5) is 4.41. The topological polar surface area (TPSA) is 95.7 Å². The van der Waals surface area contributed by atoms with Crippen LogP contribution >= 0.6 is 0 Å². The molecule has 0 aliphatic heterocycles. The number of anilines is 1. The fraction of sp³-hybridized carbons (Fsp3) is 0.200. The van der Waals surface area contributed by atoms with Crippen LogP contribution in [-0.2, 0) is 0 Å². The Balaban J connectivity index is 1.65. The lowest BCUT2D eigenvalue weighted by atomic mass is 10.0. The van der Waals surface area contributed by atoms with Crippen molar-refractivity contribution in [1.29, 1.82) is 0 Å². The molecule has 2 aromatic carbocycles. The highest BCUT2D eigenvalue weighted by Gasteiger charge is 2.19. The van der Waals surface area contributed by atoms with E-state index in [1.54, 1.807) is 4.68 Å². The van der Waals surface area contributed by atoms with Crippen LogP contribution in [0.3, 0.4) is 0 Å². The highest BCUT2D eigenvalue weighted by atomic mass is 16.5. The molecule has 0 atom stereocenters. The van der Waals surface area contributed by atoms with Crippen LogP contribution in [0.5, 0.6) is 0 Å². The monoisotopic (exact) mass is 360 g/mol. The molecule has 0 saturated heterocycles. The van der Waals surface area contributed by atoms with Gasteiger partial charge in [0, 0.05) is 5.56 Å². The highest BCUT2D eigenvalue weighted by Crippen LogP contribution is 2.27. The molecule has 0 spiro atoms. The first-order valence-electron chi connectivity index (χ1n) is 8.75. The summed E-state index contributed by atoms with van der Waals surface area (Å²) in [6.07, 6.45) is 0. The minimum atomic E-state index is 0.244. The third-order valence-electron chi connectivity index (χ3n) is 4.45. The second kappa shape index (κ2) is 6.68. The Labute approximate surface area is 156 Å². The van der Waals surface area contributed by atoms with Crippen LogP contribution in [0.25, 0.3) is 28.7 Å². The molecule has 0 aliphatic carbocycles. The Morgan fingerprint density at radius 1 is 1.00 bits per heavy atom. The van der Waals surface area contributed by atoms with Crippen molar-refractivity contribution < 1.29 is 4.52 Å². The van der Waals surface area contributed by atoms with Crippen molar-refractivity contribution in [3.8, 4) is 28.7 Å². The molecule has 7 heteroatoms. The van der Waals surface area contributed by atoms with E-state index in [2.05, 4.69) is 46.4 Å². The maximum absolute atomic E-state index is 6.24. The van der Waals surface area contributed by atoms with Crippen molar-refractivity contribution in [2.24, 2.45) is 0 Å². The minimum absolute atomic E-state index is 0.244. The molecule has 0 bridgehead atoms. The summed E-state index contributed by atoms with van der Waals surface area (Å²) in [6, 6.07) is 15.9. The lowest BCUT2D eigenvalue weighted by Crippen LogP contribution is -2.02. The summed E-state index contributed by atoms with van der Waals surface area (Å²) in [5.74, 6) is 1.54. The summed E-state index contributed by atoms with van der Waals surface area (Å²) in [7, 11) is 0. The smallest absolute Gasteiger partial charge is 0.282 e. The molecular formula is C20H20N6O. The molecule has 136 valence electrons. The average Bonchev–Trinajstić information content (AvgIpc) is 3.29. The van der Waals surface area contributed by atoms with Crippen LogP contribution in [-0.4, -0.2) is 25.1 Å². The molecule has 4 aromatic rings. The molecule has 0 radical (unpaired) electrons. The van der Waals surface area contributed by atoms with E-state index in [-0.39, 0.29) is 5.89 Å². The molecule has 0 unspecified atom stereocenters. The van der Waals surface area contributed by atoms with Crippen LogP contribution in [0, 0.1) is 6.92 Å². The summed E-state index contributed by atoms with van der Waals surface area (Å²) in [5, 5.41) is 12.3. The van der Waals surface area contributed by atoms with Gasteiger partial charge in [-0.3, -0.25) is 0 Å². The number of benzene rings is 2. The summed E-state index contributed by atoms with van der Waals surface area (Å²) in [5.41, 5.74) is 10.7. The van der Waals surface area contributed by atoms with Gasteiger partial charge in [0.1, 0.15) is 0 Å². The van der Waals surface area contributed by atoms with Gasteiger partial charge in [-0.1, -0.05) is 66.2 Å². The fourth-order valence-electron chi connectivity index (χ4n) is 2.77. The van der Waals surface area contributed by atoms with Gasteiger partial charge in [0.15, 0.2) is 11.5 Å². The number of rotatable bonds is 4. The predicted octanol–water partition coefficient (Wildman–Crippen LogP) is 4.00. The Morgan fingerprint density at radius 2 is 1.70 bits per heavy atom. The fourth-order valence-corrected chi connectivity index (χ4v) is 2.77. The molecule has 2 N–H and O–H groups in total. The van der Waals surface area contributed by atoms with Gasteiger partial charge in [-0.2, -0.15) is 9.67 Å². The van der Waals surface area contributed by atoms with Crippen molar-refractivity contribution >= 4 is 5.82 Å². The van der Waals surface area contributed by atoms with Crippen LogP contribution < -0.4 is 5.73 Å². The lowest BCUT2D eigenvalue weighted by molar-refractivity contribution is 0.431. The number of hydrogen-bond donors (Lipinski definition) is 1. The molecule has 0 amide bonds. The SMILES string of the molecule is Cc1ccc(-c2noc(-c3nnn(-c4ccc(C(C)C)cc4)c3N)n2)cc1. The lowest BCUT2D eigenvalue weighted by Gasteiger charge is -2.07. The predicted molar refractivity (Wildman–Crippen MR) is 103 cm³/mol. The van der Waals surface area contributed by atoms with Gasteiger partial charge in [0.2, 0.25) is 5.82 Å². The maximum Gasteiger partial charge on any atom is 0.282 e. The average molecular weight is 360 g/mol. The molecule has 4 rings (SSSR count). The number of hydrogen-bond acceptors (Lipinski definition) is 6. The van der Waals surface area contributed by atoms with E-state index in [9.17, 15) is 0 Å². The van der Waals surface area contributed by atoms with Gasteiger partial charge in [-0.05, 0) is 30.5 Å². The minimum Gasteiger partial charge on any atom is -0.382 e. The van der Waals surface area contributed by atoms with E-state index < -0.39 is 0 Å². The zero-order valence-electron chi connectivity index (χ0n) is 15.4. The van der Waals surface area contributed by atoms with Crippen LogP contribution in [0.4, 0.5) is 5.82 Å². The second-order valence-corrected chi connectivity index (χ2v) is 6.77. The Hall–Kier alpha value is -3.48. The van der Waals surface area contributed by atoms with E-state index in [4.69, 9.17) is 10.3 Å². The molecule has 0 aliphatic rings. The van der Waals surface area contributed by atoms with Gasteiger partial charge in [0.25, 0.3) is 5.89 Å². The highest BCUT2D eigenvalue weighted by molar-refractivity contribution is 5.66. The molecule has 2 heterocycles. The van der Waals surface area contributed by atoms with Gasteiger partial charge in [0.05, 0.1) is 5.69 Å². The zero-order valence-corrected chi connectivity index (χ0v) is 15.4. The standard InChI is InChI=1S/C20H20N6O/c1-12(2)14-8-10-16(11-9-14)26-18(21)17(23-25-26)20-22-19(24-27-20)15-6-4-13(3)5-7-15/h4-12H,21H2,1-3H3. The summed E-state index contributed by atoms with van der Waals surface area (Å²) < 4.78 is 6.92. The number of aryl methyl sites for hydroxylation is 1. The Kier molecular flexibility index (Phi) is 4.19. The van der Waals surface area contributed by atoms with E-state index >= 15 is 0 Å². The Bertz CT molecular complexity index is 1060. The number of nitrogens with zero attached hydrogens (tertiary/aromatic N) is 5. The largest absolute Gasteiger partial charge is 0.382 e. The normalized spacial score (nSPS) is 11.3. The molecule has 27 heavy (non-hydrogen) atoms. The van der Waals surface area contributed by atoms with Crippen molar-refractivity contribution in [2.75, 3.05) is 5.73 Å². The van der Waals surface area contributed by atoms with Crippen molar-refractivity contribution in [2.45, 2.75) is 26.7 Å². The van der Waals surface area contributed by atoms with Crippen LogP contribution in [0.15, 0.2) is 53.1 Å². The number of nitrogens with two attached hydrogens (primary N) is 1. The van der Waals surface area contributed by atoms with Gasteiger partial charge in [-0.15, -0.1) is 5.10 Å². The zero-order chi connectivity index (χ0) is 19.0. The molecule has 7 nitrogen and oxygen atoms in total. The van der Waals surface area contributed by atoms with E-state index in [1.807, 2.05) is 43.3 Å². The number of aromatic nitrogens is 5. The molecule has 2 aromatic heterocycles. The van der Waals surface area contributed by atoms with Crippen molar-refractivity contribution in [3.05, 3.63) is 59.7 Å². The Morgan fingerprint density at radius 3 is 2.37 bits per heavy atom. The molecule has 0 fully saturated rings. The second-order valence-electron chi connectivity index (χ2n) is 6.77. The molecular weight excluding hydrogens is 340 g/mol. The van der Waals surface area contributed by atoms with Gasteiger partial charge in [-0.25, -0.2) is 0 Å². The van der Waals surface area contributed by atoms with Gasteiger partial charge < -0.3 is 10.3 Å². The van der Waals surface area contributed by atoms with Crippen LogP contribution in [0.2, 0.25) is 0 Å².